The Balaban J connectivity index is 1.38. The molecule has 0 radical (unpaired) electrons. The van der Waals surface area contributed by atoms with Crippen molar-refractivity contribution in [3.05, 3.63) is 59.5 Å². The molecule has 2 aromatic heterocycles. The lowest BCUT2D eigenvalue weighted by atomic mass is 9.47. The van der Waals surface area contributed by atoms with Crippen molar-refractivity contribution < 1.29 is 33.0 Å². The summed E-state index contributed by atoms with van der Waals surface area (Å²) in [6.07, 6.45) is 10.5. The molecule has 41 heavy (non-hydrogen) atoms. The summed E-state index contributed by atoms with van der Waals surface area (Å²) in [4.78, 5) is 29.9. The van der Waals surface area contributed by atoms with Crippen LogP contribution in [-0.4, -0.2) is 62.4 Å². The third kappa shape index (κ3) is 4.14. The van der Waals surface area contributed by atoms with Gasteiger partial charge in [0.1, 0.15) is 12.6 Å². The average molecular weight is 586 g/mol. The summed E-state index contributed by atoms with van der Waals surface area (Å²) in [5, 5.41) is 15.9. The molecule has 6 rings (SSSR count). The fraction of sp³-hybridized carbons (Fsp3) is 0.533. The van der Waals surface area contributed by atoms with Crippen molar-refractivity contribution in [2.75, 3.05) is 19.7 Å². The third-order valence-electron chi connectivity index (χ3n) is 10.1. The van der Waals surface area contributed by atoms with Crippen molar-refractivity contribution in [2.45, 2.75) is 51.2 Å². The Morgan fingerprint density at radius 1 is 1.27 bits per heavy atom. The number of esters is 1. The first kappa shape index (κ1) is 28.2. The van der Waals surface area contributed by atoms with Gasteiger partial charge in [-0.3, -0.25) is 4.79 Å². The van der Waals surface area contributed by atoms with Gasteiger partial charge in [0, 0.05) is 23.9 Å². The van der Waals surface area contributed by atoms with E-state index in [1.807, 2.05) is 13.1 Å². The van der Waals surface area contributed by atoms with E-state index >= 15 is 0 Å². The Kier molecular flexibility index (Phi) is 6.98. The van der Waals surface area contributed by atoms with Gasteiger partial charge in [-0.1, -0.05) is 26.0 Å². The van der Waals surface area contributed by atoms with Crippen LogP contribution in [-0.2, 0) is 25.5 Å². The number of carbonyl (C=O) groups excluding carboxylic acids is 2. The number of rotatable bonds is 6. The first-order chi connectivity index (χ1) is 19.6. The highest BCUT2D eigenvalue weighted by Gasteiger charge is 2.70. The molecule has 0 bridgehead atoms. The minimum atomic E-state index is -1.55. The number of aliphatic hydroxyl groups excluding tert-OH is 1. The van der Waals surface area contributed by atoms with Gasteiger partial charge in [-0.2, -0.15) is 9.49 Å². The summed E-state index contributed by atoms with van der Waals surface area (Å²) in [6.45, 7) is 3.75. The highest BCUT2D eigenvalue weighted by atomic mass is 32.2. The van der Waals surface area contributed by atoms with Crippen molar-refractivity contribution in [2.24, 2.45) is 28.6 Å². The largest absolute Gasteiger partial charge is 0.448 e. The van der Waals surface area contributed by atoms with Crippen LogP contribution in [0.5, 0.6) is 0 Å². The number of aliphatic hydroxyl groups is 1. The van der Waals surface area contributed by atoms with E-state index < -0.39 is 45.6 Å². The molecule has 0 amide bonds. The fourth-order valence-electron chi connectivity index (χ4n) is 8.37. The standard InChI is InChI=1S/C30H33F2N3O5S/c1-28-11-17-13-34-35(19-5-7-24(32)33-14-19)22(17)10-18(28)4-6-20-21-8-9-30(27(38)41-16-31,40-25(37)15-39-3)29(21,2)12-23(36)26(20)28/h4-7,10,13-14,20-21,23,26,36H,8-9,11-12,15-16H2,1-3H3/t20-,21?,23-,26?,28-,29-,30-/m0/s1. The predicted molar refractivity (Wildman–Crippen MR) is 148 cm³/mol. The summed E-state index contributed by atoms with van der Waals surface area (Å²) in [6, 6.07) is 2.01. The molecule has 0 saturated heterocycles. The van der Waals surface area contributed by atoms with E-state index in [0.717, 1.165) is 16.8 Å². The van der Waals surface area contributed by atoms with Gasteiger partial charge in [-0.25, -0.2) is 18.9 Å². The van der Waals surface area contributed by atoms with Crippen LogP contribution in [0.15, 0.2) is 42.3 Å². The van der Waals surface area contributed by atoms with E-state index in [1.54, 1.807) is 10.7 Å². The summed E-state index contributed by atoms with van der Waals surface area (Å²) in [5.74, 6) is -1.55. The number of nitrogens with zero attached hydrogens (tertiary/aromatic N) is 3. The average Bonchev–Trinajstić information content (AvgIpc) is 3.45. The Bertz CT molecular complexity index is 1440. The van der Waals surface area contributed by atoms with Gasteiger partial charge in [0.05, 0.1) is 29.9 Å². The number of pyridine rings is 1. The van der Waals surface area contributed by atoms with Crippen LogP contribution in [0.4, 0.5) is 8.78 Å². The van der Waals surface area contributed by atoms with Gasteiger partial charge in [-0.05, 0) is 78.6 Å². The van der Waals surface area contributed by atoms with E-state index in [4.69, 9.17) is 9.47 Å². The predicted octanol–water partition coefficient (Wildman–Crippen LogP) is 4.45. The van der Waals surface area contributed by atoms with E-state index in [-0.39, 0.29) is 37.2 Å². The summed E-state index contributed by atoms with van der Waals surface area (Å²) in [5.41, 5.74) is 0.758. The molecule has 0 spiro atoms. The number of halogens is 2. The van der Waals surface area contributed by atoms with Crippen LogP contribution in [0.1, 0.15) is 44.4 Å². The smallest absolute Gasteiger partial charge is 0.333 e. The number of methoxy groups -OCH3 is 1. The molecule has 2 aromatic rings. The van der Waals surface area contributed by atoms with Crippen molar-refractivity contribution in [3.8, 4) is 5.69 Å². The lowest BCUT2D eigenvalue weighted by Gasteiger charge is -2.58. The van der Waals surface area contributed by atoms with Crippen LogP contribution in [0.3, 0.4) is 0 Å². The topological polar surface area (TPSA) is 104 Å². The van der Waals surface area contributed by atoms with Gasteiger partial charge >= 0.3 is 5.97 Å². The zero-order valence-corrected chi connectivity index (χ0v) is 24.0. The zero-order valence-electron chi connectivity index (χ0n) is 23.2. The highest BCUT2D eigenvalue weighted by Crippen LogP contribution is 2.67. The fourth-order valence-corrected chi connectivity index (χ4v) is 9.08. The Hall–Kier alpha value is -2.89. The van der Waals surface area contributed by atoms with Gasteiger partial charge < -0.3 is 14.6 Å². The Morgan fingerprint density at radius 3 is 2.78 bits per heavy atom. The monoisotopic (exact) mass is 585 g/mol. The first-order valence-electron chi connectivity index (χ1n) is 13.8. The van der Waals surface area contributed by atoms with Crippen molar-refractivity contribution >= 4 is 28.9 Å². The number of aromatic nitrogens is 3. The Labute approximate surface area is 241 Å². The van der Waals surface area contributed by atoms with Crippen LogP contribution in [0.2, 0.25) is 0 Å². The highest BCUT2D eigenvalue weighted by molar-refractivity contribution is 8.13. The number of carbonyl (C=O) groups is 2. The van der Waals surface area contributed by atoms with Crippen LogP contribution < -0.4 is 0 Å². The molecule has 4 aliphatic carbocycles. The van der Waals surface area contributed by atoms with Crippen molar-refractivity contribution in [3.63, 3.8) is 0 Å². The molecule has 0 aliphatic heterocycles. The number of ether oxygens (including phenoxy) is 2. The van der Waals surface area contributed by atoms with Gasteiger partial charge in [-0.15, -0.1) is 0 Å². The second kappa shape index (κ2) is 10.1. The quantitative estimate of drug-likeness (QED) is 0.392. The van der Waals surface area contributed by atoms with E-state index in [2.05, 4.69) is 35.2 Å². The molecule has 2 unspecified atom stereocenters. The number of hydrogen-bond donors (Lipinski definition) is 1. The molecule has 8 nitrogen and oxygen atoms in total. The molecule has 11 heteroatoms. The number of fused-ring (bicyclic) bond motifs is 6. The van der Waals surface area contributed by atoms with Crippen molar-refractivity contribution in [1.82, 2.24) is 14.8 Å². The number of thioether (sulfide) groups is 1. The summed E-state index contributed by atoms with van der Waals surface area (Å²) >= 11 is 0.516. The van der Waals surface area contributed by atoms with Crippen molar-refractivity contribution in [1.29, 1.82) is 0 Å². The normalized spacial score (nSPS) is 35.1. The van der Waals surface area contributed by atoms with E-state index in [0.29, 0.717) is 30.3 Å². The maximum Gasteiger partial charge on any atom is 0.333 e. The summed E-state index contributed by atoms with van der Waals surface area (Å²) in [7, 11) is 1.37. The van der Waals surface area contributed by atoms with Gasteiger partial charge in [0.15, 0.2) is 5.60 Å². The molecule has 1 N–H and O–H groups in total. The maximum absolute atomic E-state index is 13.5. The molecule has 218 valence electrons. The molecule has 4 aliphatic rings. The minimum absolute atomic E-state index is 0.0700. The molecule has 2 saturated carbocycles. The Morgan fingerprint density at radius 2 is 2.07 bits per heavy atom. The molecule has 0 aromatic carbocycles. The van der Waals surface area contributed by atoms with Gasteiger partial charge in [0.2, 0.25) is 11.1 Å². The lowest BCUT2D eigenvalue weighted by Crippen LogP contribution is -2.62. The van der Waals surface area contributed by atoms with Crippen LogP contribution in [0.25, 0.3) is 11.8 Å². The number of allylic oxidation sites excluding steroid dienone is 3. The minimum Gasteiger partial charge on any atom is -0.448 e. The SMILES string of the molecule is COCC(=O)O[C@]1(C(=O)SCF)CCC2[C@@H]3C=CC4=Cc5c(cnn5-c5ccc(F)nc5)C[C@]4(C)C3[C@@H](O)C[C@@]21C. The summed E-state index contributed by atoms with van der Waals surface area (Å²) < 4.78 is 39.4. The molecular weight excluding hydrogens is 552 g/mol. The maximum atomic E-state index is 13.5. The van der Waals surface area contributed by atoms with E-state index in [9.17, 15) is 23.5 Å². The van der Waals surface area contributed by atoms with Crippen LogP contribution >= 0.6 is 11.8 Å². The van der Waals surface area contributed by atoms with Gasteiger partial charge in [0.25, 0.3) is 0 Å². The number of alkyl halides is 1. The third-order valence-corrected chi connectivity index (χ3v) is 10.8. The molecule has 2 heterocycles. The lowest BCUT2D eigenvalue weighted by molar-refractivity contribution is -0.194. The second-order valence-electron chi connectivity index (χ2n) is 12.1. The number of hydrogen-bond acceptors (Lipinski definition) is 8. The molecular formula is C30H33F2N3O5S. The first-order valence-corrected chi connectivity index (χ1v) is 14.8. The zero-order chi connectivity index (χ0) is 29.2. The molecule has 2 fully saturated rings. The molecule has 7 atom stereocenters. The van der Waals surface area contributed by atoms with E-state index in [1.165, 1.54) is 19.4 Å². The second-order valence-corrected chi connectivity index (χ2v) is 12.9. The van der Waals surface area contributed by atoms with Crippen LogP contribution in [0, 0.1) is 34.5 Å².